The molecule has 32 heavy (non-hydrogen) atoms. The third-order valence-corrected chi connectivity index (χ3v) is 5.75. The molecule has 0 aliphatic rings. The van der Waals surface area contributed by atoms with Crippen LogP contribution in [0.1, 0.15) is 62.8 Å². The van der Waals surface area contributed by atoms with Crippen LogP contribution in [0.25, 0.3) is 21.5 Å². The zero-order valence-electron chi connectivity index (χ0n) is 21.0. The SMILES string of the molecule is CCCc1[cH-]c2ccccc2c1CC.CCCc1[cH-]c2ccccc2c1CC.[CH3-].[CH3-].[Si].[Zr+4]. The zero-order chi connectivity index (χ0) is 19.9. The van der Waals surface area contributed by atoms with Crippen molar-refractivity contribution >= 4 is 32.5 Å². The quantitative estimate of drug-likeness (QED) is 0.176. The van der Waals surface area contributed by atoms with Crippen molar-refractivity contribution in [2.45, 2.75) is 66.2 Å². The Bertz CT molecular complexity index is 938. The number of hydrogen-bond donors (Lipinski definition) is 0. The molecule has 0 heterocycles. The van der Waals surface area contributed by atoms with Gasteiger partial charge >= 0.3 is 26.2 Å². The molecule has 168 valence electrons. The molecule has 0 bridgehead atoms. The summed E-state index contributed by atoms with van der Waals surface area (Å²) >= 11 is 0. The van der Waals surface area contributed by atoms with Crippen LogP contribution in [-0.2, 0) is 51.9 Å². The first-order valence-corrected chi connectivity index (χ1v) is 11.1. The normalized spacial score (nSPS) is 9.62. The van der Waals surface area contributed by atoms with Crippen molar-refractivity contribution in [1.29, 1.82) is 0 Å². The fraction of sp³-hybridized carbons (Fsp3) is 0.333. The number of hydrogen-bond acceptors (Lipinski definition) is 0. The smallest absolute Gasteiger partial charge is 0.358 e. The Hall–Kier alpha value is -1.24. The van der Waals surface area contributed by atoms with Gasteiger partial charge in [0.15, 0.2) is 0 Å². The van der Waals surface area contributed by atoms with E-state index in [1.807, 2.05) is 0 Å². The summed E-state index contributed by atoms with van der Waals surface area (Å²) in [4.78, 5) is 0. The maximum atomic E-state index is 2.36. The van der Waals surface area contributed by atoms with Crippen LogP contribution in [0.15, 0.2) is 60.7 Å². The molecule has 0 aromatic heterocycles. The van der Waals surface area contributed by atoms with Gasteiger partial charge in [0, 0.05) is 11.0 Å². The standard InChI is InChI=1S/2C14H17.2CH3.Si.Zr/c2*1-3-7-11-10-12-8-5-6-9-14(12)13(11)4-2;;;;/h2*5-6,8-10H,3-4,7H2,1-2H3;2*1H3;;/q4*-1;;+4. The van der Waals surface area contributed by atoms with E-state index in [9.17, 15) is 0 Å². The molecule has 4 rings (SSSR count). The molecule has 4 aromatic rings. The van der Waals surface area contributed by atoms with Gasteiger partial charge in [-0.05, 0) is 12.8 Å². The van der Waals surface area contributed by atoms with Crippen LogP contribution in [0, 0.1) is 14.9 Å². The molecule has 4 aromatic carbocycles. The fourth-order valence-electron chi connectivity index (χ4n) is 4.51. The van der Waals surface area contributed by atoms with E-state index < -0.39 is 0 Å². The third-order valence-electron chi connectivity index (χ3n) is 5.75. The van der Waals surface area contributed by atoms with Crippen LogP contribution in [0.3, 0.4) is 0 Å². The molecule has 0 fully saturated rings. The second kappa shape index (κ2) is 16.4. The number of fused-ring (bicyclic) bond motifs is 2. The van der Waals surface area contributed by atoms with Crippen LogP contribution in [0.4, 0.5) is 0 Å². The van der Waals surface area contributed by atoms with Gasteiger partial charge in [0.2, 0.25) is 0 Å². The van der Waals surface area contributed by atoms with E-state index in [0.29, 0.717) is 0 Å². The molecule has 0 spiro atoms. The molecule has 0 amide bonds. The van der Waals surface area contributed by atoms with Gasteiger partial charge in [-0.3, -0.25) is 0 Å². The molecule has 0 N–H and O–H groups in total. The van der Waals surface area contributed by atoms with Crippen LogP contribution in [-0.4, -0.2) is 11.0 Å². The van der Waals surface area contributed by atoms with Crippen molar-refractivity contribution < 1.29 is 26.2 Å². The van der Waals surface area contributed by atoms with E-state index in [-0.39, 0.29) is 52.0 Å². The van der Waals surface area contributed by atoms with Crippen molar-refractivity contribution in [3.05, 3.63) is 97.8 Å². The minimum Gasteiger partial charge on any atom is -0.358 e. The van der Waals surface area contributed by atoms with E-state index in [1.165, 1.54) is 47.2 Å². The molecule has 0 saturated heterocycles. The Morgan fingerprint density at radius 3 is 1.25 bits per heavy atom. The minimum atomic E-state index is 0. The minimum absolute atomic E-state index is 0. The fourth-order valence-corrected chi connectivity index (χ4v) is 4.51. The number of rotatable bonds is 6. The molecule has 0 atom stereocenters. The van der Waals surface area contributed by atoms with Gasteiger partial charge in [0.1, 0.15) is 0 Å². The predicted molar refractivity (Wildman–Crippen MR) is 144 cm³/mol. The molecule has 0 unspecified atom stereocenters. The van der Waals surface area contributed by atoms with Gasteiger partial charge in [-0.25, -0.2) is 0 Å². The van der Waals surface area contributed by atoms with E-state index in [0.717, 1.165) is 12.8 Å². The van der Waals surface area contributed by atoms with Crippen molar-refractivity contribution in [3.8, 4) is 0 Å². The van der Waals surface area contributed by atoms with Gasteiger partial charge in [-0.2, -0.15) is 11.1 Å². The maximum absolute atomic E-state index is 2.36. The molecule has 0 nitrogen and oxygen atoms in total. The Morgan fingerprint density at radius 1 is 0.594 bits per heavy atom. The third kappa shape index (κ3) is 7.39. The van der Waals surface area contributed by atoms with Crippen LogP contribution >= 0.6 is 0 Å². The van der Waals surface area contributed by atoms with E-state index >= 15 is 0 Å². The average molecular weight is 520 g/mol. The van der Waals surface area contributed by atoms with Gasteiger partial charge in [-0.1, -0.05) is 65.5 Å². The second-order valence-corrected chi connectivity index (χ2v) is 7.68. The zero-order valence-corrected chi connectivity index (χ0v) is 24.5. The van der Waals surface area contributed by atoms with E-state index in [4.69, 9.17) is 0 Å². The second-order valence-electron chi connectivity index (χ2n) is 7.68. The summed E-state index contributed by atoms with van der Waals surface area (Å²) < 4.78 is 0. The maximum Gasteiger partial charge on any atom is 4.00 e. The van der Waals surface area contributed by atoms with E-state index in [2.05, 4.69) is 88.4 Å². The summed E-state index contributed by atoms with van der Waals surface area (Å²) in [6.07, 6.45) is 7.23. The Balaban J connectivity index is 0. The molecule has 0 aliphatic carbocycles. The van der Waals surface area contributed by atoms with Crippen LogP contribution < -0.4 is 0 Å². The van der Waals surface area contributed by atoms with Crippen molar-refractivity contribution in [2.24, 2.45) is 0 Å². The Labute approximate surface area is 221 Å². The molecular formula is C30H40SiZr. The first-order valence-electron chi connectivity index (χ1n) is 11.1. The predicted octanol–water partition coefficient (Wildman–Crippen LogP) is 8.66. The summed E-state index contributed by atoms with van der Waals surface area (Å²) in [5, 5.41) is 5.73. The Kier molecular flexibility index (Phi) is 16.9. The van der Waals surface area contributed by atoms with Crippen molar-refractivity contribution in [1.82, 2.24) is 0 Å². The monoisotopic (exact) mass is 518 g/mol. The van der Waals surface area contributed by atoms with Gasteiger partial charge in [0.05, 0.1) is 0 Å². The van der Waals surface area contributed by atoms with Gasteiger partial charge in [-0.15, -0.1) is 81.2 Å². The number of benzene rings is 2. The first kappa shape index (κ1) is 32.9. The number of aryl methyl sites for hydroxylation is 4. The largest absolute Gasteiger partial charge is 4.00 e. The Morgan fingerprint density at radius 2 is 0.938 bits per heavy atom. The topological polar surface area (TPSA) is 0 Å². The van der Waals surface area contributed by atoms with Gasteiger partial charge in [0.25, 0.3) is 0 Å². The molecule has 0 saturated carbocycles. The summed E-state index contributed by atoms with van der Waals surface area (Å²) in [5.41, 5.74) is 6.22. The molecule has 2 heteroatoms. The van der Waals surface area contributed by atoms with Crippen LogP contribution in [0.5, 0.6) is 0 Å². The molecule has 4 radical (unpaired) electrons. The van der Waals surface area contributed by atoms with Gasteiger partial charge < -0.3 is 14.9 Å². The average Bonchev–Trinajstić information content (AvgIpc) is 3.25. The summed E-state index contributed by atoms with van der Waals surface area (Å²) in [6, 6.07) is 22.2. The molecule has 0 aliphatic heterocycles. The first-order chi connectivity index (χ1) is 13.7. The van der Waals surface area contributed by atoms with E-state index in [1.54, 1.807) is 22.3 Å². The summed E-state index contributed by atoms with van der Waals surface area (Å²) in [7, 11) is 0. The molecular weight excluding hydrogens is 480 g/mol. The van der Waals surface area contributed by atoms with Crippen molar-refractivity contribution in [2.75, 3.05) is 0 Å². The summed E-state index contributed by atoms with van der Waals surface area (Å²) in [5.74, 6) is 0. The summed E-state index contributed by atoms with van der Waals surface area (Å²) in [6.45, 7) is 9.00. The van der Waals surface area contributed by atoms with Crippen LogP contribution in [0.2, 0.25) is 0 Å². The van der Waals surface area contributed by atoms with Crippen molar-refractivity contribution in [3.63, 3.8) is 0 Å².